The SMILES string of the molecule is CC(C)c1cc(NS(=O)(=O)c2ccc(CBr)cc2)n[nH]1. The van der Waals surface area contributed by atoms with Gasteiger partial charge in [0, 0.05) is 17.1 Å². The van der Waals surface area contributed by atoms with Crippen LogP contribution in [0.25, 0.3) is 0 Å². The highest BCUT2D eigenvalue weighted by Crippen LogP contribution is 2.19. The average molecular weight is 358 g/mol. The van der Waals surface area contributed by atoms with Crippen molar-refractivity contribution in [2.45, 2.75) is 30.0 Å². The van der Waals surface area contributed by atoms with E-state index in [4.69, 9.17) is 0 Å². The first-order valence-electron chi connectivity index (χ1n) is 6.15. The quantitative estimate of drug-likeness (QED) is 0.806. The lowest BCUT2D eigenvalue weighted by Crippen LogP contribution is -2.13. The predicted molar refractivity (Wildman–Crippen MR) is 82.6 cm³/mol. The fraction of sp³-hybridized carbons (Fsp3) is 0.308. The number of hydrogen-bond donors (Lipinski definition) is 2. The molecule has 108 valence electrons. The molecule has 0 saturated carbocycles. The van der Waals surface area contributed by atoms with E-state index in [0.717, 1.165) is 11.3 Å². The third-order valence-electron chi connectivity index (χ3n) is 2.85. The molecule has 0 bridgehead atoms. The number of alkyl halides is 1. The summed E-state index contributed by atoms with van der Waals surface area (Å²) in [5, 5.41) is 7.47. The van der Waals surface area contributed by atoms with Gasteiger partial charge in [0.2, 0.25) is 0 Å². The lowest BCUT2D eigenvalue weighted by atomic mass is 10.1. The second-order valence-electron chi connectivity index (χ2n) is 4.75. The molecule has 0 fully saturated rings. The number of nitrogens with zero attached hydrogens (tertiary/aromatic N) is 1. The van der Waals surface area contributed by atoms with Gasteiger partial charge in [-0.1, -0.05) is 41.9 Å². The second-order valence-corrected chi connectivity index (χ2v) is 6.99. The molecule has 0 saturated heterocycles. The fourth-order valence-electron chi connectivity index (χ4n) is 1.64. The van der Waals surface area contributed by atoms with Gasteiger partial charge in [-0.3, -0.25) is 9.82 Å². The number of aromatic amines is 1. The Morgan fingerprint density at radius 2 is 1.95 bits per heavy atom. The zero-order chi connectivity index (χ0) is 14.8. The largest absolute Gasteiger partial charge is 0.280 e. The molecule has 0 aliphatic rings. The van der Waals surface area contributed by atoms with Crippen LogP contribution in [0.15, 0.2) is 35.2 Å². The number of halogens is 1. The first-order chi connectivity index (χ1) is 9.42. The van der Waals surface area contributed by atoms with Crippen LogP contribution in [0, 0.1) is 0 Å². The Bertz CT molecular complexity index is 678. The van der Waals surface area contributed by atoms with E-state index in [0.29, 0.717) is 11.1 Å². The van der Waals surface area contributed by atoms with Crippen LogP contribution in [0.4, 0.5) is 5.82 Å². The number of nitrogens with one attached hydrogen (secondary N) is 2. The van der Waals surface area contributed by atoms with Gasteiger partial charge in [0.25, 0.3) is 10.0 Å². The summed E-state index contributed by atoms with van der Waals surface area (Å²) in [6.07, 6.45) is 0. The highest BCUT2D eigenvalue weighted by molar-refractivity contribution is 9.08. The molecule has 1 aromatic carbocycles. The minimum atomic E-state index is -3.60. The van der Waals surface area contributed by atoms with E-state index < -0.39 is 10.0 Å². The van der Waals surface area contributed by atoms with Crippen LogP contribution in [-0.4, -0.2) is 18.6 Å². The smallest absolute Gasteiger partial charge is 0.263 e. The summed E-state index contributed by atoms with van der Waals surface area (Å²) in [6.45, 7) is 4.01. The molecule has 0 unspecified atom stereocenters. The molecule has 0 aliphatic carbocycles. The minimum Gasteiger partial charge on any atom is -0.280 e. The van der Waals surface area contributed by atoms with Gasteiger partial charge in [-0.05, 0) is 23.6 Å². The van der Waals surface area contributed by atoms with Crippen molar-refractivity contribution in [2.75, 3.05) is 4.72 Å². The molecule has 20 heavy (non-hydrogen) atoms. The Morgan fingerprint density at radius 3 is 2.45 bits per heavy atom. The van der Waals surface area contributed by atoms with Gasteiger partial charge in [-0.25, -0.2) is 8.42 Å². The van der Waals surface area contributed by atoms with Crippen molar-refractivity contribution in [1.29, 1.82) is 0 Å². The number of hydrogen-bond acceptors (Lipinski definition) is 3. The van der Waals surface area contributed by atoms with Gasteiger partial charge in [-0.15, -0.1) is 0 Å². The summed E-state index contributed by atoms with van der Waals surface area (Å²) in [5.74, 6) is 0.567. The zero-order valence-electron chi connectivity index (χ0n) is 11.2. The van der Waals surface area contributed by atoms with E-state index in [9.17, 15) is 8.42 Å². The normalized spacial score (nSPS) is 11.8. The monoisotopic (exact) mass is 357 g/mol. The van der Waals surface area contributed by atoms with Gasteiger partial charge in [0.15, 0.2) is 5.82 Å². The molecule has 1 heterocycles. The minimum absolute atomic E-state index is 0.219. The Kier molecular flexibility index (Phi) is 4.49. The maximum atomic E-state index is 12.2. The second kappa shape index (κ2) is 5.97. The Hall–Kier alpha value is -1.34. The molecular formula is C13H16BrN3O2S. The van der Waals surface area contributed by atoms with Crippen LogP contribution < -0.4 is 4.72 Å². The van der Waals surface area contributed by atoms with Gasteiger partial charge < -0.3 is 0 Å². The van der Waals surface area contributed by atoms with Crippen molar-refractivity contribution < 1.29 is 8.42 Å². The molecule has 0 amide bonds. The van der Waals surface area contributed by atoms with Crippen molar-refractivity contribution in [1.82, 2.24) is 10.2 Å². The van der Waals surface area contributed by atoms with Crippen molar-refractivity contribution in [2.24, 2.45) is 0 Å². The van der Waals surface area contributed by atoms with Crippen molar-refractivity contribution in [3.8, 4) is 0 Å². The Labute approximate surface area is 127 Å². The maximum absolute atomic E-state index is 12.2. The number of benzene rings is 1. The summed E-state index contributed by atoms with van der Waals surface area (Å²) < 4.78 is 26.9. The van der Waals surface area contributed by atoms with E-state index in [-0.39, 0.29) is 10.8 Å². The molecule has 5 nitrogen and oxygen atoms in total. The molecule has 0 aliphatic heterocycles. The standard InChI is InChI=1S/C13H16BrN3O2S/c1-9(2)12-7-13(16-15-12)17-20(18,19)11-5-3-10(8-14)4-6-11/h3-7,9H,8H2,1-2H3,(H2,15,16,17). The Morgan fingerprint density at radius 1 is 1.30 bits per heavy atom. The average Bonchev–Trinajstić information content (AvgIpc) is 2.87. The molecule has 0 spiro atoms. The molecule has 1 aromatic heterocycles. The molecule has 0 atom stereocenters. The predicted octanol–water partition coefficient (Wildman–Crippen LogP) is 3.23. The number of sulfonamides is 1. The molecule has 0 radical (unpaired) electrons. The molecule has 2 N–H and O–H groups in total. The number of rotatable bonds is 5. The van der Waals surface area contributed by atoms with Crippen LogP contribution in [0.2, 0.25) is 0 Å². The van der Waals surface area contributed by atoms with Crippen molar-refractivity contribution in [3.63, 3.8) is 0 Å². The van der Waals surface area contributed by atoms with Crippen molar-refractivity contribution >= 4 is 31.8 Å². The molecule has 7 heteroatoms. The summed E-state index contributed by atoms with van der Waals surface area (Å²) in [5.41, 5.74) is 1.91. The van der Waals surface area contributed by atoms with Gasteiger partial charge in [-0.2, -0.15) is 5.10 Å². The number of anilines is 1. The van der Waals surface area contributed by atoms with Crippen LogP contribution in [0.1, 0.15) is 31.0 Å². The maximum Gasteiger partial charge on any atom is 0.263 e. The fourth-order valence-corrected chi connectivity index (χ4v) is 3.00. The van der Waals surface area contributed by atoms with Crippen LogP contribution in [0.3, 0.4) is 0 Å². The van der Waals surface area contributed by atoms with E-state index in [1.54, 1.807) is 30.3 Å². The van der Waals surface area contributed by atoms with E-state index in [1.165, 1.54) is 0 Å². The highest BCUT2D eigenvalue weighted by Gasteiger charge is 2.16. The number of aromatic nitrogens is 2. The third kappa shape index (κ3) is 3.40. The summed E-state index contributed by atoms with van der Waals surface area (Å²) in [4.78, 5) is 0.219. The lowest BCUT2D eigenvalue weighted by molar-refractivity contribution is 0.601. The van der Waals surface area contributed by atoms with Gasteiger partial charge in [0.1, 0.15) is 0 Å². The third-order valence-corrected chi connectivity index (χ3v) is 4.86. The summed E-state index contributed by atoms with van der Waals surface area (Å²) in [6, 6.07) is 8.40. The van der Waals surface area contributed by atoms with E-state index in [2.05, 4.69) is 30.8 Å². The van der Waals surface area contributed by atoms with Crippen LogP contribution >= 0.6 is 15.9 Å². The Balaban J connectivity index is 2.21. The first-order valence-corrected chi connectivity index (χ1v) is 8.76. The summed E-state index contributed by atoms with van der Waals surface area (Å²) >= 11 is 3.32. The van der Waals surface area contributed by atoms with E-state index >= 15 is 0 Å². The number of H-pyrrole nitrogens is 1. The topological polar surface area (TPSA) is 74.8 Å². The van der Waals surface area contributed by atoms with E-state index in [1.807, 2.05) is 13.8 Å². The summed E-state index contributed by atoms with van der Waals surface area (Å²) in [7, 11) is -3.60. The van der Waals surface area contributed by atoms with Crippen LogP contribution in [-0.2, 0) is 15.4 Å². The lowest BCUT2D eigenvalue weighted by Gasteiger charge is -2.05. The zero-order valence-corrected chi connectivity index (χ0v) is 13.6. The van der Waals surface area contributed by atoms with Gasteiger partial charge in [0.05, 0.1) is 4.90 Å². The highest BCUT2D eigenvalue weighted by atomic mass is 79.9. The molecule has 2 rings (SSSR count). The first kappa shape index (κ1) is 15.1. The van der Waals surface area contributed by atoms with Crippen molar-refractivity contribution in [3.05, 3.63) is 41.6 Å². The molecular weight excluding hydrogens is 342 g/mol. The molecule has 2 aromatic rings. The van der Waals surface area contributed by atoms with Crippen LogP contribution in [0.5, 0.6) is 0 Å². The van der Waals surface area contributed by atoms with Gasteiger partial charge >= 0.3 is 0 Å².